The van der Waals surface area contributed by atoms with Crippen LogP contribution in [0.5, 0.6) is 0 Å². The van der Waals surface area contributed by atoms with E-state index >= 15 is 0 Å². The van der Waals surface area contributed by atoms with Crippen LogP contribution in [0, 0.1) is 0 Å². The molecule has 0 aromatic heterocycles. The predicted octanol–water partition coefficient (Wildman–Crippen LogP) is 0.495. The number of piperazine rings is 1. The van der Waals surface area contributed by atoms with Crippen molar-refractivity contribution in [3.63, 3.8) is 0 Å². The van der Waals surface area contributed by atoms with Crippen molar-refractivity contribution in [2.45, 2.75) is 13.0 Å². The maximum Gasteiger partial charge on any atom is 0.133 e. The highest BCUT2D eigenvalue weighted by Gasteiger charge is 2.17. The van der Waals surface area contributed by atoms with Crippen LogP contribution in [0.15, 0.2) is 0 Å². The van der Waals surface area contributed by atoms with Crippen LogP contribution in [0.1, 0.15) is 6.92 Å². The molecule has 0 amide bonds. The van der Waals surface area contributed by atoms with E-state index in [2.05, 4.69) is 29.8 Å². The molecule has 1 heterocycles. The smallest absolute Gasteiger partial charge is 0.133 e. The SMILES string of the molecule is C[C@@H]1CNCCN1C(=S)S. The second-order valence-electron chi connectivity index (χ2n) is 2.53. The van der Waals surface area contributed by atoms with Gasteiger partial charge in [0.25, 0.3) is 0 Å². The topological polar surface area (TPSA) is 15.3 Å². The van der Waals surface area contributed by atoms with Crippen molar-refractivity contribution in [2.75, 3.05) is 19.6 Å². The number of thiocarbonyl (C=S) groups is 1. The molecule has 1 aliphatic rings. The van der Waals surface area contributed by atoms with Crippen LogP contribution >= 0.6 is 24.8 Å². The average Bonchev–Trinajstić information content (AvgIpc) is 1.88. The normalized spacial score (nSPS) is 26.6. The molecule has 0 saturated carbocycles. The molecule has 1 N–H and O–H groups in total. The summed E-state index contributed by atoms with van der Waals surface area (Å²) >= 11 is 9.08. The third-order valence-electron chi connectivity index (χ3n) is 1.75. The Labute approximate surface area is 72.4 Å². The van der Waals surface area contributed by atoms with E-state index in [9.17, 15) is 0 Å². The molecule has 1 saturated heterocycles. The minimum atomic E-state index is 0.499. The third kappa shape index (κ3) is 1.84. The number of nitrogens with zero attached hydrogens (tertiary/aromatic N) is 1. The van der Waals surface area contributed by atoms with E-state index in [4.69, 9.17) is 12.2 Å². The predicted molar refractivity (Wildman–Crippen MR) is 50.6 cm³/mol. The van der Waals surface area contributed by atoms with Gasteiger partial charge < -0.3 is 10.2 Å². The first-order valence-corrected chi connectivity index (χ1v) is 4.27. The molecule has 58 valence electrons. The number of hydrogen-bond acceptors (Lipinski definition) is 2. The van der Waals surface area contributed by atoms with Crippen molar-refractivity contribution >= 4 is 29.2 Å². The summed E-state index contributed by atoms with van der Waals surface area (Å²) in [5.41, 5.74) is 0. The van der Waals surface area contributed by atoms with Crippen LogP contribution in [-0.2, 0) is 0 Å². The number of rotatable bonds is 0. The second-order valence-corrected chi connectivity index (χ2v) is 3.64. The van der Waals surface area contributed by atoms with Gasteiger partial charge in [0, 0.05) is 25.7 Å². The molecule has 0 radical (unpaired) electrons. The summed E-state index contributed by atoms with van der Waals surface area (Å²) < 4.78 is 0.717. The van der Waals surface area contributed by atoms with Gasteiger partial charge in [-0.25, -0.2) is 0 Å². The van der Waals surface area contributed by atoms with Crippen molar-refractivity contribution < 1.29 is 0 Å². The monoisotopic (exact) mass is 176 g/mol. The summed E-state index contributed by atoms with van der Waals surface area (Å²) in [6.45, 7) is 5.17. The molecule has 0 aromatic rings. The van der Waals surface area contributed by atoms with Crippen molar-refractivity contribution in [1.82, 2.24) is 10.2 Å². The van der Waals surface area contributed by atoms with Crippen LogP contribution < -0.4 is 5.32 Å². The minimum Gasteiger partial charge on any atom is -0.352 e. The fourth-order valence-corrected chi connectivity index (χ4v) is 1.69. The molecule has 1 atom stereocenters. The second kappa shape index (κ2) is 3.55. The van der Waals surface area contributed by atoms with Crippen LogP contribution in [0.3, 0.4) is 0 Å². The number of thiol groups is 1. The molecule has 1 rings (SSSR count). The Morgan fingerprint density at radius 3 is 2.90 bits per heavy atom. The Balaban J connectivity index is 2.47. The summed E-state index contributed by atoms with van der Waals surface area (Å²) in [5.74, 6) is 0. The van der Waals surface area contributed by atoms with Gasteiger partial charge in [0.1, 0.15) is 4.32 Å². The molecule has 0 aromatic carbocycles. The van der Waals surface area contributed by atoms with Gasteiger partial charge in [-0.2, -0.15) is 0 Å². The summed E-state index contributed by atoms with van der Waals surface area (Å²) in [5, 5.41) is 3.28. The van der Waals surface area contributed by atoms with Gasteiger partial charge in [-0.15, -0.1) is 12.6 Å². The van der Waals surface area contributed by atoms with Gasteiger partial charge in [0.2, 0.25) is 0 Å². The van der Waals surface area contributed by atoms with E-state index in [1.165, 1.54) is 0 Å². The van der Waals surface area contributed by atoms with E-state index < -0.39 is 0 Å². The maximum absolute atomic E-state index is 4.95. The highest BCUT2D eigenvalue weighted by atomic mass is 32.1. The molecular weight excluding hydrogens is 164 g/mol. The Kier molecular flexibility index (Phi) is 2.95. The lowest BCUT2D eigenvalue weighted by Crippen LogP contribution is -2.50. The standard InChI is InChI=1S/C6H12N2S2/c1-5-4-7-2-3-8(5)6(9)10/h5,7H,2-4H2,1H3,(H,9,10)/t5-/m1/s1. The molecule has 1 aliphatic heterocycles. The molecule has 0 unspecified atom stereocenters. The van der Waals surface area contributed by atoms with Gasteiger partial charge in [0.15, 0.2) is 0 Å². The van der Waals surface area contributed by atoms with E-state index in [-0.39, 0.29) is 0 Å². The first-order valence-electron chi connectivity index (χ1n) is 3.42. The zero-order chi connectivity index (χ0) is 7.56. The lowest BCUT2D eigenvalue weighted by Gasteiger charge is -2.34. The summed E-state index contributed by atoms with van der Waals surface area (Å²) in [4.78, 5) is 2.13. The highest BCUT2D eigenvalue weighted by Crippen LogP contribution is 2.05. The molecule has 0 spiro atoms. The average molecular weight is 176 g/mol. The lowest BCUT2D eigenvalue weighted by atomic mass is 10.2. The minimum absolute atomic E-state index is 0.499. The van der Waals surface area contributed by atoms with Crippen LogP contribution in [-0.4, -0.2) is 34.9 Å². The Bertz CT molecular complexity index is 138. The van der Waals surface area contributed by atoms with Crippen molar-refractivity contribution in [3.8, 4) is 0 Å². The highest BCUT2D eigenvalue weighted by molar-refractivity contribution is 8.10. The van der Waals surface area contributed by atoms with E-state index in [1.54, 1.807) is 0 Å². The number of hydrogen-bond donors (Lipinski definition) is 2. The van der Waals surface area contributed by atoms with E-state index in [0.29, 0.717) is 10.4 Å². The molecule has 2 nitrogen and oxygen atoms in total. The molecule has 10 heavy (non-hydrogen) atoms. The van der Waals surface area contributed by atoms with Gasteiger partial charge in [-0.1, -0.05) is 12.2 Å². The summed E-state index contributed by atoms with van der Waals surface area (Å²) in [6, 6.07) is 0.499. The molecule has 1 fully saturated rings. The fourth-order valence-electron chi connectivity index (χ4n) is 1.13. The quantitative estimate of drug-likeness (QED) is 0.413. The molecule has 0 bridgehead atoms. The largest absolute Gasteiger partial charge is 0.352 e. The summed E-state index contributed by atoms with van der Waals surface area (Å²) in [7, 11) is 0. The number of nitrogens with one attached hydrogen (secondary N) is 1. The fraction of sp³-hybridized carbons (Fsp3) is 0.833. The molecule has 0 aliphatic carbocycles. The molecule has 4 heteroatoms. The first-order chi connectivity index (χ1) is 4.72. The van der Waals surface area contributed by atoms with Gasteiger partial charge in [-0.05, 0) is 6.92 Å². The van der Waals surface area contributed by atoms with Gasteiger partial charge >= 0.3 is 0 Å². The van der Waals surface area contributed by atoms with Crippen LogP contribution in [0.4, 0.5) is 0 Å². The zero-order valence-electron chi connectivity index (χ0n) is 6.00. The van der Waals surface area contributed by atoms with Crippen LogP contribution in [0.2, 0.25) is 0 Å². The van der Waals surface area contributed by atoms with Crippen molar-refractivity contribution in [3.05, 3.63) is 0 Å². The Hall–Kier alpha value is 0.200. The maximum atomic E-state index is 4.95. The van der Waals surface area contributed by atoms with Gasteiger partial charge in [0.05, 0.1) is 0 Å². The molecular formula is C6H12N2S2. The first kappa shape index (κ1) is 8.30. The third-order valence-corrected chi connectivity index (χ3v) is 2.24. The van der Waals surface area contributed by atoms with Crippen molar-refractivity contribution in [2.24, 2.45) is 0 Å². The van der Waals surface area contributed by atoms with E-state index in [1.807, 2.05) is 0 Å². The van der Waals surface area contributed by atoms with Crippen molar-refractivity contribution in [1.29, 1.82) is 0 Å². The lowest BCUT2D eigenvalue weighted by molar-refractivity contribution is 0.283. The Morgan fingerprint density at radius 1 is 1.80 bits per heavy atom. The van der Waals surface area contributed by atoms with E-state index in [0.717, 1.165) is 19.6 Å². The summed E-state index contributed by atoms with van der Waals surface area (Å²) in [6.07, 6.45) is 0. The Morgan fingerprint density at radius 2 is 2.50 bits per heavy atom. The van der Waals surface area contributed by atoms with Crippen LogP contribution in [0.25, 0.3) is 0 Å². The zero-order valence-corrected chi connectivity index (χ0v) is 7.71. The van der Waals surface area contributed by atoms with Gasteiger partial charge in [-0.3, -0.25) is 0 Å².